The van der Waals surface area contributed by atoms with E-state index in [1.807, 2.05) is 24.3 Å². The molecule has 30 heavy (non-hydrogen) atoms. The SMILES string of the molecule is Brc1ccc2nc(-c3ccccc3)nc(N3CCN(Cc4ccccc4)CC3)c2c1. The third kappa shape index (κ3) is 4.09. The Bertz CT molecular complexity index is 1140. The van der Waals surface area contributed by atoms with Crippen molar-refractivity contribution in [2.75, 3.05) is 31.1 Å². The molecule has 0 bridgehead atoms. The van der Waals surface area contributed by atoms with Gasteiger partial charge in [-0.25, -0.2) is 9.97 Å². The predicted molar refractivity (Wildman–Crippen MR) is 127 cm³/mol. The first kappa shape index (κ1) is 19.2. The zero-order valence-electron chi connectivity index (χ0n) is 16.7. The van der Waals surface area contributed by atoms with E-state index in [-0.39, 0.29) is 0 Å². The van der Waals surface area contributed by atoms with Gasteiger partial charge in [-0.2, -0.15) is 0 Å². The van der Waals surface area contributed by atoms with E-state index < -0.39 is 0 Å². The highest BCUT2D eigenvalue weighted by atomic mass is 79.9. The van der Waals surface area contributed by atoms with Gasteiger partial charge in [-0.3, -0.25) is 4.90 Å². The summed E-state index contributed by atoms with van der Waals surface area (Å²) in [5, 5.41) is 1.10. The predicted octanol–water partition coefficient (Wildman–Crippen LogP) is 5.38. The molecule has 5 heteroatoms. The summed E-state index contributed by atoms with van der Waals surface area (Å²) in [5.41, 5.74) is 3.40. The molecular weight excluding hydrogens is 436 g/mol. The average Bonchev–Trinajstić information content (AvgIpc) is 2.80. The van der Waals surface area contributed by atoms with Gasteiger partial charge >= 0.3 is 0 Å². The number of piperazine rings is 1. The third-order valence-electron chi connectivity index (χ3n) is 5.59. The number of nitrogens with zero attached hydrogens (tertiary/aromatic N) is 4. The molecule has 5 rings (SSSR count). The lowest BCUT2D eigenvalue weighted by Gasteiger charge is -2.36. The molecule has 150 valence electrons. The summed E-state index contributed by atoms with van der Waals surface area (Å²) in [4.78, 5) is 14.8. The van der Waals surface area contributed by atoms with Gasteiger partial charge in [0.1, 0.15) is 5.82 Å². The maximum absolute atomic E-state index is 5.02. The molecule has 1 fully saturated rings. The second kappa shape index (κ2) is 8.54. The molecule has 0 N–H and O–H groups in total. The Morgan fingerprint density at radius 1 is 0.767 bits per heavy atom. The number of benzene rings is 3. The van der Waals surface area contributed by atoms with Gasteiger partial charge in [-0.15, -0.1) is 0 Å². The minimum absolute atomic E-state index is 0.784. The first-order chi connectivity index (χ1) is 14.8. The monoisotopic (exact) mass is 458 g/mol. The van der Waals surface area contributed by atoms with Crippen molar-refractivity contribution in [3.8, 4) is 11.4 Å². The quantitative estimate of drug-likeness (QED) is 0.410. The summed E-state index contributed by atoms with van der Waals surface area (Å²) in [6, 6.07) is 27.2. The molecule has 2 heterocycles. The van der Waals surface area contributed by atoms with Crippen molar-refractivity contribution in [2.24, 2.45) is 0 Å². The topological polar surface area (TPSA) is 32.3 Å². The number of rotatable bonds is 4. The first-order valence-corrected chi connectivity index (χ1v) is 11.1. The molecule has 0 spiro atoms. The summed E-state index contributed by atoms with van der Waals surface area (Å²) in [5.74, 6) is 1.81. The Kier molecular flexibility index (Phi) is 5.47. The molecule has 3 aromatic carbocycles. The van der Waals surface area contributed by atoms with Crippen LogP contribution < -0.4 is 4.90 Å². The van der Waals surface area contributed by atoms with Crippen molar-refractivity contribution in [3.05, 3.63) is 88.9 Å². The molecule has 1 saturated heterocycles. The van der Waals surface area contributed by atoms with Crippen LogP contribution in [0.3, 0.4) is 0 Å². The lowest BCUT2D eigenvalue weighted by atomic mass is 10.1. The zero-order chi connectivity index (χ0) is 20.3. The van der Waals surface area contributed by atoms with Crippen LogP contribution in [-0.4, -0.2) is 41.0 Å². The van der Waals surface area contributed by atoms with Crippen molar-refractivity contribution in [1.82, 2.24) is 14.9 Å². The number of fused-ring (bicyclic) bond motifs is 1. The lowest BCUT2D eigenvalue weighted by molar-refractivity contribution is 0.249. The third-order valence-corrected chi connectivity index (χ3v) is 6.08. The molecular formula is C25H23BrN4. The van der Waals surface area contributed by atoms with Crippen molar-refractivity contribution < 1.29 is 0 Å². The first-order valence-electron chi connectivity index (χ1n) is 10.3. The van der Waals surface area contributed by atoms with E-state index in [9.17, 15) is 0 Å². The Hall–Kier alpha value is -2.76. The Morgan fingerprint density at radius 2 is 1.47 bits per heavy atom. The molecule has 0 atom stereocenters. The van der Waals surface area contributed by atoms with Crippen LogP contribution in [0.4, 0.5) is 5.82 Å². The maximum atomic E-state index is 5.02. The summed E-state index contributed by atoms with van der Waals surface area (Å²) < 4.78 is 1.05. The van der Waals surface area contributed by atoms with E-state index in [1.54, 1.807) is 0 Å². The van der Waals surface area contributed by atoms with Gasteiger partial charge in [-0.05, 0) is 23.8 Å². The van der Waals surface area contributed by atoms with Crippen LogP contribution in [0, 0.1) is 0 Å². The normalized spacial score (nSPS) is 14.9. The number of aromatic nitrogens is 2. The van der Waals surface area contributed by atoms with Crippen molar-refractivity contribution in [3.63, 3.8) is 0 Å². The van der Waals surface area contributed by atoms with E-state index in [0.29, 0.717) is 0 Å². The van der Waals surface area contributed by atoms with Gasteiger partial charge in [0.25, 0.3) is 0 Å². The summed E-state index contributed by atoms with van der Waals surface area (Å²) in [6.45, 7) is 4.96. The zero-order valence-corrected chi connectivity index (χ0v) is 18.3. The van der Waals surface area contributed by atoms with E-state index >= 15 is 0 Å². The Morgan fingerprint density at radius 3 is 2.20 bits per heavy atom. The van der Waals surface area contributed by atoms with Gasteiger partial charge < -0.3 is 4.90 Å². The lowest BCUT2D eigenvalue weighted by Crippen LogP contribution is -2.46. The average molecular weight is 459 g/mol. The highest BCUT2D eigenvalue weighted by Crippen LogP contribution is 2.30. The number of hydrogen-bond acceptors (Lipinski definition) is 4. The molecule has 0 unspecified atom stereocenters. The molecule has 0 saturated carbocycles. The van der Waals surface area contributed by atoms with Crippen LogP contribution in [0.15, 0.2) is 83.3 Å². The molecule has 0 radical (unpaired) electrons. The van der Waals surface area contributed by atoms with Gasteiger partial charge in [0.05, 0.1) is 5.52 Å². The molecule has 1 aromatic heterocycles. The van der Waals surface area contributed by atoms with Gasteiger partial charge in [-0.1, -0.05) is 76.6 Å². The summed E-state index contributed by atoms with van der Waals surface area (Å²) in [6.07, 6.45) is 0. The fourth-order valence-corrected chi connectivity index (χ4v) is 4.36. The van der Waals surface area contributed by atoms with E-state index in [1.165, 1.54) is 5.56 Å². The largest absolute Gasteiger partial charge is 0.353 e. The summed E-state index contributed by atoms with van der Waals surface area (Å²) >= 11 is 3.62. The number of halogens is 1. The second-order valence-corrected chi connectivity index (χ2v) is 8.56. The minimum Gasteiger partial charge on any atom is -0.353 e. The molecule has 4 aromatic rings. The van der Waals surface area contributed by atoms with Gasteiger partial charge in [0.15, 0.2) is 5.82 Å². The van der Waals surface area contributed by atoms with Crippen LogP contribution in [0.5, 0.6) is 0 Å². The van der Waals surface area contributed by atoms with Crippen LogP contribution >= 0.6 is 15.9 Å². The van der Waals surface area contributed by atoms with Crippen LogP contribution in [0.25, 0.3) is 22.3 Å². The fraction of sp³-hybridized carbons (Fsp3) is 0.200. The van der Waals surface area contributed by atoms with Crippen molar-refractivity contribution in [1.29, 1.82) is 0 Å². The van der Waals surface area contributed by atoms with Gasteiger partial charge in [0, 0.05) is 48.1 Å². The maximum Gasteiger partial charge on any atom is 0.162 e. The molecule has 0 aliphatic carbocycles. The van der Waals surface area contributed by atoms with Crippen molar-refractivity contribution >= 4 is 32.7 Å². The summed E-state index contributed by atoms with van der Waals surface area (Å²) in [7, 11) is 0. The van der Waals surface area contributed by atoms with E-state index in [2.05, 4.69) is 80.3 Å². The van der Waals surface area contributed by atoms with E-state index in [0.717, 1.165) is 65.3 Å². The molecule has 4 nitrogen and oxygen atoms in total. The Labute approximate surface area is 185 Å². The van der Waals surface area contributed by atoms with Gasteiger partial charge in [0.2, 0.25) is 0 Å². The molecule has 1 aliphatic heterocycles. The standard InChI is InChI=1S/C25H23BrN4/c26-21-11-12-23-22(17-21)25(28-24(27-23)20-9-5-2-6-10-20)30-15-13-29(14-16-30)18-19-7-3-1-4-8-19/h1-12,17H,13-16,18H2. The number of anilines is 1. The van der Waals surface area contributed by atoms with Crippen LogP contribution in [0.2, 0.25) is 0 Å². The van der Waals surface area contributed by atoms with Crippen molar-refractivity contribution in [2.45, 2.75) is 6.54 Å². The van der Waals surface area contributed by atoms with E-state index in [4.69, 9.17) is 9.97 Å². The molecule has 0 amide bonds. The Balaban J connectivity index is 1.44. The fourth-order valence-electron chi connectivity index (χ4n) is 4.00. The highest BCUT2D eigenvalue weighted by molar-refractivity contribution is 9.10. The van der Waals surface area contributed by atoms with Crippen LogP contribution in [0.1, 0.15) is 5.56 Å². The molecule has 1 aliphatic rings. The van der Waals surface area contributed by atoms with Crippen LogP contribution in [-0.2, 0) is 6.54 Å². The smallest absolute Gasteiger partial charge is 0.162 e. The minimum atomic E-state index is 0.784. The highest BCUT2D eigenvalue weighted by Gasteiger charge is 2.21. The second-order valence-electron chi connectivity index (χ2n) is 7.65. The number of hydrogen-bond donors (Lipinski definition) is 0.